The molecule has 0 rings (SSSR count). The molecular formula is C12H21NO. The number of rotatable bonds is 4. The molecule has 2 heteroatoms. The van der Waals surface area contributed by atoms with Crippen LogP contribution in [0.2, 0.25) is 0 Å². The molecule has 1 unspecified atom stereocenters. The van der Waals surface area contributed by atoms with Crippen molar-refractivity contribution in [1.29, 1.82) is 0 Å². The van der Waals surface area contributed by atoms with Gasteiger partial charge < -0.3 is 5.32 Å². The Labute approximate surface area is 87.1 Å². The maximum atomic E-state index is 11.4. The van der Waals surface area contributed by atoms with Gasteiger partial charge in [-0.1, -0.05) is 24.6 Å². The fourth-order valence-corrected chi connectivity index (χ4v) is 1.15. The first-order valence-electron chi connectivity index (χ1n) is 5.00. The summed E-state index contributed by atoms with van der Waals surface area (Å²) >= 11 is 0. The molecule has 0 aliphatic heterocycles. The van der Waals surface area contributed by atoms with Crippen molar-refractivity contribution < 1.29 is 4.79 Å². The molecule has 1 N–H and O–H groups in total. The number of carbonyl (C=O) groups is 1. The first-order chi connectivity index (χ1) is 6.40. The summed E-state index contributed by atoms with van der Waals surface area (Å²) in [6.07, 6.45) is 0.913. The van der Waals surface area contributed by atoms with Crippen molar-refractivity contribution in [2.24, 2.45) is 0 Å². The summed E-state index contributed by atoms with van der Waals surface area (Å²) in [5, 5.41) is 2.95. The van der Waals surface area contributed by atoms with Gasteiger partial charge in [-0.25, -0.2) is 0 Å². The largest absolute Gasteiger partial charge is 0.346 e. The third kappa shape index (κ3) is 3.77. The van der Waals surface area contributed by atoms with E-state index in [9.17, 15) is 4.79 Å². The van der Waals surface area contributed by atoms with E-state index in [1.54, 1.807) is 6.92 Å². The van der Waals surface area contributed by atoms with Crippen molar-refractivity contribution in [3.8, 4) is 0 Å². The monoisotopic (exact) mass is 195 g/mol. The molecule has 80 valence electrons. The first-order valence-corrected chi connectivity index (χ1v) is 5.00. The van der Waals surface area contributed by atoms with Crippen LogP contribution in [0, 0.1) is 0 Å². The van der Waals surface area contributed by atoms with Gasteiger partial charge in [0, 0.05) is 5.57 Å². The van der Waals surface area contributed by atoms with Crippen molar-refractivity contribution in [2.75, 3.05) is 0 Å². The van der Waals surface area contributed by atoms with Gasteiger partial charge in [0.1, 0.15) is 0 Å². The minimum atomic E-state index is -0.0579. The second-order valence-electron chi connectivity index (χ2n) is 3.90. The quantitative estimate of drug-likeness (QED) is 0.542. The number of carbonyl (C=O) groups excluding carboxylic acids is 1. The van der Waals surface area contributed by atoms with Crippen molar-refractivity contribution in [1.82, 2.24) is 5.32 Å². The van der Waals surface area contributed by atoms with Crippen LogP contribution in [0.4, 0.5) is 0 Å². The average molecular weight is 195 g/mol. The van der Waals surface area contributed by atoms with Gasteiger partial charge in [-0.2, -0.15) is 0 Å². The number of allylic oxidation sites excluding steroid dienone is 1. The van der Waals surface area contributed by atoms with E-state index < -0.39 is 0 Å². The molecular weight excluding hydrogens is 174 g/mol. The SMILES string of the molecule is C=C(C)C(=O)NC(CC)C(C)=C(C)C. The van der Waals surface area contributed by atoms with Crippen LogP contribution < -0.4 is 5.32 Å². The minimum absolute atomic E-state index is 0.0579. The van der Waals surface area contributed by atoms with Crippen molar-refractivity contribution in [3.63, 3.8) is 0 Å². The van der Waals surface area contributed by atoms with Crippen LogP contribution in [0.15, 0.2) is 23.3 Å². The summed E-state index contributed by atoms with van der Waals surface area (Å²) in [5.74, 6) is -0.0579. The summed E-state index contributed by atoms with van der Waals surface area (Å²) in [5.41, 5.74) is 3.06. The van der Waals surface area contributed by atoms with Gasteiger partial charge in [0.25, 0.3) is 0 Å². The molecule has 0 aromatic heterocycles. The molecule has 0 aromatic carbocycles. The Hall–Kier alpha value is -1.05. The Morgan fingerprint density at radius 3 is 2.07 bits per heavy atom. The number of amides is 1. The summed E-state index contributed by atoms with van der Waals surface area (Å²) in [6.45, 7) is 13.6. The molecule has 0 saturated heterocycles. The molecule has 0 aliphatic carbocycles. The highest BCUT2D eigenvalue weighted by molar-refractivity contribution is 5.92. The molecule has 1 atom stereocenters. The van der Waals surface area contributed by atoms with Gasteiger partial charge in [0.2, 0.25) is 5.91 Å². The maximum Gasteiger partial charge on any atom is 0.246 e. The van der Waals surface area contributed by atoms with Gasteiger partial charge in [-0.15, -0.1) is 0 Å². The molecule has 0 aliphatic rings. The molecule has 0 bridgehead atoms. The number of nitrogens with one attached hydrogen (secondary N) is 1. The van der Waals surface area contributed by atoms with Crippen LogP contribution in [0.25, 0.3) is 0 Å². The Kier molecular flexibility index (Phi) is 5.21. The van der Waals surface area contributed by atoms with Gasteiger partial charge >= 0.3 is 0 Å². The van der Waals surface area contributed by atoms with E-state index in [1.807, 2.05) is 0 Å². The van der Waals surface area contributed by atoms with Crippen LogP contribution in [-0.4, -0.2) is 11.9 Å². The first kappa shape index (κ1) is 12.9. The van der Waals surface area contributed by atoms with Crippen molar-refractivity contribution in [3.05, 3.63) is 23.3 Å². The van der Waals surface area contributed by atoms with Crippen LogP contribution in [0.5, 0.6) is 0 Å². The van der Waals surface area contributed by atoms with E-state index in [1.165, 1.54) is 11.1 Å². The highest BCUT2D eigenvalue weighted by Gasteiger charge is 2.12. The zero-order valence-electron chi connectivity index (χ0n) is 9.90. The lowest BCUT2D eigenvalue weighted by atomic mass is 10.0. The summed E-state index contributed by atoms with van der Waals surface area (Å²) in [6, 6.07) is 0.143. The summed E-state index contributed by atoms with van der Waals surface area (Å²) in [4.78, 5) is 11.4. The second-order valence-corrected chi connectivity index (χ2v) is 3.90. The van der Waals surface area contributed by atoms with Crippen LogP contribution in [0.1, 0.15) is 41.0 Å². The zero-order valence-corrected chi connectivity index (χ0v) is 9.90. The topological polar surface area (TPSA) is 29.1 Å². The highest BCUT2D eigenvalue weighted by atomic mass is 16.1. The molecule has 0 spiro atoms. The van der Waals surface area contributed by atoms with Crippen molar-refractivity contribution in [2.45, 2.75) is 47.1 Å². The zero-order chi connectivity index (χ0) is 11.3. The Morgan fingerprint density at radius 1 is 1.29 bits per heavy atom. The minimum Gasteiger partial charge on any atom is -0.346 e. The number of hydrogen-bond donors (Lipinski definition) is 1. The predicted molar refractivity (Wildman–Crippen MR) is 61.1 cm³/mol. The lowest BCUT2D eigenvalue weighted by molar-refractivity contribution is -0.117. The smallest absolute Gasteiger partial charge is 0.246 e. The van der Waals surface area contributed by atoms with Crippen LogP contribution in [0.3, 0.4) is 0 Å². The predicted octanol–water partition coefficient (Wildman–Crippen LogP) is 2.81. The van der Waals surface area contributed by atoms with Crippen LogP contribution >= 0.6 is 0 Å². The fourth-order valence-electron chi connectivity index (χ4n) is 1.15. The van der Waals surface area contributed by atoms with Gasteiger partial charge in [0.15, 0.2) is 0 Å². The molecule has 1 amide bonds. The third-order valence-corrected chi connectivity index (χ3v) is 2.41. The lowest BCUT2D eigenvalue weighted by Gasteiger charge is -2.19. The second kappa shape index (κ2) is 5.63. The normalized spacial score (nSPS) is 11.8. The number of hydrogen-bond acceptors (Lipinski definition) is 1. The molecule has 0 aromatic rings. The average Bonchev–Trinajstić information content (AvgIpc) is 2.12. The van der Waals surface area contributed by atoms with Crippen LogP contribution in [-0.2, 0) is 4.79 Å². The van der Waals surface area contributed by atoms with E-state index in [0.29, 0.717) is 5.57 Å². The Morgan fingerprint density at radius 2 is 1.79 bits per heavy atom. The van der Waals surface area contributed by atoms with E-state index in [0.717, 1.165) is 6.42 Å². The Balaban J connectivity index is 4.54. The highest BCUT2D eigenvalue weighted by Crippen LogP contribution is 2.11. The summed E-state index contributed by atoms with van der Waals surface area (Å²) in [7, 11) is 0. The standard InChI is InChI=1S/C12H21NO/c1-7-11(10(6)8(2)3)13-12(14)9(4)5/h11H,4,7H2,1-3,5-6H3,(H,13,14). The molecule has 0 saturated carbocycles. The van der Waals surface area contributed by atoms with Gasteiger partial charge in [0.05, 0.1) is 6.04 Å². The molecule has 0 heterocycles. The van der Waals surface area contributed by atoms with E-state index in [2.05, 4.69) is 39.6 Å². The molecule has 0 radical (unpaired) electrons. The summed E-state index contributed by atoms with van der Waals surface area (Å²) < 4.78 is 0. The van der Waals surface area contributed by atoms with E-state index in [-0.39, 0.29) is 11.9 Å². The van der Waals surface area contributed by atoms with E-state index in [4.69, 9.17) is 0 Å². The van der Waals surface area contributed by atoms with Gasteiger partial charge in [-0.3, -0.25) is 4.79 Å². The third-order valence-electron chi connectivity index (χ3n) is 2.41. The van der Waals surface area contributed by atoms with Crippen molar-refractivity contribution >= 4 is 5.91 Å². The molecule has 0 fully saturated rings. The molecule has 14 heavy (non-hydrogen) atoms. The fraction of sp³-hybridized carbons (Fsp3) is 0.583. The lowest BCUT2D eigenvalue weighted by Crippen LogP contribution is -2.35. The van der Waals surface area contributed by atoms with E-state index >= 15 is 0 Å². The van der Waals surface area contributed by atoms with Gasteiger partial charge in [-0.05, 0) is 34.1 Å². The maximum absolute atomic E-state index is 11.4. The molecule has 2 nitrogen and oxygen atoms in total. The Bertz CT molecular complexity index is 259.